The molecule has 0 bridgehead atoms. The molecule has 3 aliphatic rings. The summed E-state index contributed by atoms with van der Waals surface area (Å²) < 4.78 is 0. The Morgan fingerprint density at radius 1 is 1.05 bits per heavy atom. The Morgan fingerprint density at radius 3 is 2.48 bits per heavy atom. The lowest BCUT2D eigenvalue weighted by atomic mass is 9.83. The molecular formula is C18H32N2O. The van der Waals surface area contributed by atoms with E-state index in [2.05, 4.69) is 24.1 Å². The van der Waals surface area contributed by atoms with Crippen LogP contribution in [0.1, 0.15) is 78.1 Å². The molecule has 0 radical (unpaired) electrons. The summed E-state index contributed by atoms with van der Waals surface area (Å²) in [6.45, 7) is 4.45. The van der Waals surface area contributed by atoms with Crippen LogP contribution in [0.4, 0.5) is 0 Å². The Morgan fingerprint density at radius 2 is 1.81 bits per heavy atom. The van der Waals surface area contributed by atoms with Crippen molar-refractivity contribution in [2.24, 2.45) is 11.8 Å². The maximum absolute atomic E-state index is 12.9. The number of amides is 1. The monoisotopic (exact) mass is 292 g/mol. The number of hydrogen-bond acceptors (Lipinski definition) is 2. The zero-order valence-corrected chi connectivity index (χ0v) is 13.8. The standard InChI is InChI=1S/C18H32N2O/c1-3-13-8-7-11-15(12-13)20-17(14-9-5-6-10-14)19-16(4-2)18(20)21/h13-17,19H,3-12H2,1-2H3. The molecule has 0 aromatic heterocycles. The van der Waals surface area contributed by atoms with Crippen molar-refractivity contribution in [2.45, 2.75) is 96.3 Å². The fourth-order valence-corrected chi connectivity index (χ4v) is 4.90. The summed E-state index contributed by atoms with van der Waals surface area (Å²) in [4.78, 5) is 15.2. The van der Waals surface area contributed by atoms with Gasteiger partial charge in [0.25, 0.3) is 0 Å². The first-order valence-electron chi connectivity index (χ1n) is 9.32. The molecule has 2 aliphatic carbocycles. The number of nitrogens with zero attached hydrogens (tertiary/aromatic N) is 1. The van der Waals surface area contributed by atoms with Gasteiger partial charge in [-0.1, -0.05) is 46.0 Å². The van der Waals surface area contributed by atoms with Gasteiger partial charge in [-0.15, -0.1) is 0 Å². The van der Waals surface area contributed by atoms with E-state index in [0.717, 1.165) is 12.3 Å². The fourth-order valence-electron chi connectivity index (χ4n) is 4.90. The molecule has 3 nitrogen and oxygen atoms in total. The summed E-state index contributed by atoms with van der Waals surface area (Å²) >= 11 is 0. The van der Waals surface area contributed by atoms with Crippen LogP contribution in [0.3, 0.4) is 0 Å². The van der Waals surface area contributed by atoms with Crippen LogP contribution in [-0.4, -0.2) is 29.1 Å². The molecule has 2 saturated carbocycles. The van der Waals surface area contributed by atoms with Crippen molar-refractivity contribution in [3.8, 4) is 0 Å². The van der Waals surface area contributed by atoms with Crippen LogP contribution in [-0.2, 0) is 4.79 Å². The van der Waals surface area contributed by atoms with E-state index in [9.17, 15) is 4.79 Å². The van der Waals surface area contributed by atoms with Crippen LogP contribution in [0.25, 0.3) is 0 Å². The second-order valence-corrected chi connectivity index (χ2v) is 7.46. The predicted octanol–water partition coefficient (Wildman–Crippen LogP) is 3.68. The number of carbonyl (C=O) groups is 1. The van der Waals surface area contributed by atoms with Crippen LogP contribution in [0, 0.1) is 11.8 Å². The van der Waals surface area contributed by atoms with Crippen molar-refractivity contribution < 1.29 is 4.79 Å². The van der Waals surface area contributed by atoms with Crippen molar-refractivity contribution >= 4 is 5.91 Å². The Bertz CT molecular complexity index is 364. The lowest BCUT2D eigenvalue weighted by molar-refractivity contribution is -0.134. The van der Waals surface area contributed by atoms with Crippen molar-refractivity contribution in [3.63, 3.8) is 0 Å². The van der Waals surface area contributed by atoms with E-state index in [4.69, 9.17) is 0 Å². The molecule has 0 aromatic rings. The highest BCUT2D eigenvalue weighted by atomic mass is 16.2. The second kappa shape index (κ2) is 6.68. The van der Waals surface area contributed by atoms with Gasteiger partial charge in [-0.25, -0.2) is 0 Å². The normalized spacial score (nSPS) is 38.4. The van der Waals surface area contributed by atoms with Crippen LogP contribution in [0.5, 0.6) is 0 Å². The second-order valence-electron chi connectivity index (χ2n) is 7.46. The Hall–Kier alpha value is -0.570. The summed E-state index contributed by atoms with van der Waals surface area (Å²) in [5.74, 6) is 1.94. The minimum Gasteiger partial charge on any atom is -0.323 e. The molecule has 3 fully saturated rings. The van der Waals surface area contributed by atoms with Gasteiger partial charge in [0, 0.05) is 6.04 Å². The first-order valence-corrected chi connectivity index (χ1v) is 9.32. The van der Waals surface area contributed by atoms with E-state index in [1.54, 1.807) is 0 Å². The highest BCUT2D eigenvalue weighted by Gasteiger charge is 2.46. The molecule has 1 amide bonds. The molecule has 1 N–H and O–H groups in total. The van der Waals surface area contributed by atoms with E-state index in [-0.39, 0.29) is 6.04 Å². The number of nitrogens with one attached hydrogen (secondary N) is 1. The van der Waals surface area contributed by atoms with Crippen LogP contribution in [0.2, 0.25) is 0 Å². The molecule has 4 atom stereocenters. The minimum atomic E-state index is 0.0811. The minimum absolute atomic E-state index is 0.0811. The third-order valence-corrected chi connectivity index (χ3v) is 6.20. The smallest absolute Gasteiger partial charge is 0.241 e. The summed E-state index contributed by atoms with van der Waals surface area (Å²) in [6.07, 6.45) is 13.0. The third kappa shape index (κ3) is 2.99. The largest absolute Gasteiger partial charge is 0.323 e. The van der Waals surface area contributed by atoms with Crippen molar-refractivity contribution in [2.75, 3.05) is 0 Å². The molecule has 0 spiro atoms. The maximum atomic E-state index is 12.9. The first kappa shape index (κ1) is 15.3. The molecule has 21 heavy (non-hydrogen) atoms. The lowest BCUT2D eigenvalue weighted by Gasteiger charge is -2.40. The van der Waals surface area contributed by atoms with Gasteiger partial charge in [0.05, 0.1) is 12.2 Å². The summed E-state index contributed by atoms with van der Waals surface area (Å²) in [5, 5.41) is 3.69. The average Bonchev–Trinajstić information content (AvgIpc) is 3.14. The topological polar surface area (TPSA) is 32.3 Å². The van der Waals surface area contributed by atoms with E-state index in [0.29, 0.717) is 24.0 Å². The van der Waals surface area contributed by atoms with E-state index in [1.165, 1.54) is 57.8 Å². The van der Waals surface area contributed by atoms with Crippen LogP contribution < -0.4 is 5.32 Å². The van der Waals surface area contributed by atoms with Crippen molar-refractivity contribution in [1.82, 2.24) is 10.2 Å². The van der Waals surface area contributed by atoms with E-state index >= 15 is 0 Å². The molecule has 120 valence electrons. The van der Waals surface area contributed by atoms with Crippen LogP contribution >= 0.6 is 0 Å². The van der Waals surface area contributed by atoms with Gasteiger partial charge in [-0.05, 0) is 43.9 Å². The molecular weight excluding hydrogens is 260 g/mol. The fraction of sp³-hybridized carbons (Fsp3) is 0.944. The van der Waals surface area contributed by atoms with E-state index in [1.807, 2.05) is 0 Å². The Labute approximate surface area is 129 Å². The van der Waals surface area contributed by atoms with Crippen molar-refractivity contribution in [1.29, 1.82) is 0 Å². The molecule has 0 aromatic carbocycles. The number of hydrogen-bond donors (Lipinski definition) is 1. The maximum Gasteiger partial charge on any atom is 0.241 e. The Kier molecular flexibility index (Phi) is 4.88. The summed E-state index contributed by atoms with van der Waals surface area (Å²) in [5.41, 5.74) is 0. The molecule has 1 heterocycles. The quantitative estimate of drug-likeness (QED) is 0.857. The van der Waals surface area contributed by atoms with Gasteiger partial charge in [0.1, 0.15) is 0 Å². The van der Waals surface area contributed by atoms with E-state index < -0.39 is 0 Å². The summed E-state index contributed by atoms with van der Waals surface area (Å²) in [7, 11) is 0. The zero-order chi connectivity index (χ0) is 14.8. The number of carbonyl (C=O) groups excluding carboxylic acids is 1. The molecule has 1 saturated heterocycles. The third-order valence-electron chi connectivity index (χ3n) is 6.20. The number of rotatable bonds is 4. The zero-order valence-electron chi connectivity index (χ0n) is 13.8. The predicted molar refractivity (Wildman–Crippen MR) is 85.8 cm³/mol. The lowest BCUT2D eigenvalue weighted by Crippen LogP contribution is -2.49. The average molecular weight is 292 g/mol. The molecule has 3 heteroatoms. The van der Waals surface area contributed by atoms with Gasteiger partial charge in [-0.2, -0.15) is 0 Å². The van der Waals surface area contributed by atoms with Gasteiger partial charge in [0.2, 0.25) is 5.91 Å². The van der Waals surface area contributed by atoms with Crippen LogP contribution in [0.15, 0.2) is 0 Å². The highest BCUT2D eigenvalue weighted by molar-refractivity contribution is 5.84. The van der Waals surface area contributed by atoms with Gasteiger partial charge < -0.3 is 4.90 Å². The Balaban J connectivity index is 1.76. The van der Waals surface area contributed by atoms with Crippen molar-refractivity contribution in [3.05, 3.63) is 0 Å². The molecule has 3 rings (SSSR count). The van der Waals surface area contributed by atoms with Gasteiger partial charge in [-0.3, -0.25) is 10.1 Å². The molecule has 4 unspecified atom stereocenters. The summed E-state index contributed by atoms with van der Waals surface area (Å²) in [6, 6.07) is 0.587. The SMILES string of the molecule is CCC1CCCC(N2C(=O)C(CC)NC2C2CCCC2)C1. The van der Waals surface area contributed by atoms with Gasteiger partial charge >= 0.3 is 0 Å². The molecule has 1 aliphatic heterocycles. The first-order chi connectivity index (χ1) is 10.2. The van der Waals surface area contributed by atoms with Gasteiger partial charge in [0.15, 0.2) is 0 Å². The highest BCUT2D eigenvalue weighted by Crippen LogP contribution is 2.37.